The van der Waals surface area contributed by atoms with Crippen LogP contribution in [0.2, 0.25) is 0 Å². The summed E-state index contributed by atoms with van der Waals surface area (Å²) in [7, 11) is 3.67. The van der Waals surface area contributed by atoms with Crippen molar-refractivity contribution in [1.82, 2.24) is 0 Å². The van der Waals surface area contributed by atoms with Crippen LogP contribution in [0, 0.1) is 0 Å². The highest BCUT2D eigenvalue weighted by molar-refractivity contribution is 5.63. The van der Waals surface area contributed by atoms with Crippen molar-refractivity contribution in [3.63, 3.8) is 0 Å². The molecule has 0 fully saturated rings. The van der Waals surface area contributed by atoms with Crippen molar-refractivity contribution in [1.29, 1.82) is 0 Å². The van der Waals surface area contributed by atoms with Crippen LogP contribution in [0.1, 0.15) is 51.7 Å². The average Bonchev–Trinajstić information content (AvgIpc) is 2.25. The van der Waals surface area contributed by atoms with E-state index < -0.39 is 0 Å². The summed E-state index contributed by atoms with van der Waals surface area (Å²) in [5.41, 5.74) is 3.83. The molecule has 0 bridgehead atoms. The van der Waals surface area contributed by atoms with Gasteiger partial charge in [-0.1, -0.05) is 40.7 Å². The van der Waals surface area contributed by atoms with E-state index in [4.69, 9.17) is 4.74 Å². The molecule has 0 aliphatic rings. The topological polar surface area (TPSA) is 21.3 Å². The van der Waals surface area contributed by atoms with Crippen molar-refractivity contribution < 1.29 is 4.74 Å². The van der Waals surface area contributed by atoms with Crippen molar-refractivity contribution in [3.8, 4) is 5.75 Å². The van der Waals surface area contributed by atoms with E-state index in [9.17, 15) is 0 Å². The predicted molar refractivity (Wildman–Crippen MR) is 75.3 cm³/mol. The number of ether oxygens (including phenoxy) is 1. The molecule has 96 valence electrons. The Kier molecular flexibility index (Phi) is 4.07. The largest absolute Gasteiger partial charge is 0.494 e. The normalized spacial score (nSPS) is 11.8. The van der Waals surface area contributed by atoms with E-state index in [-0.39, 0.29) is 5.41 Å². The lowest BCUT2D eigenvalue weighted by Gasteiger charge is -2.24. The van der Waals surface area contributed by atoms with Gasteiger partial charge in [0.25, 0.3) is 0 Å². The summed E-state index contributed by atoms with van der Waals surface area (Å²) in [6, 6.07) is 4.45. The zero-order chi connectivity index (χ0) is 13.2. The molecule has 1 N–H and O–H groups in total. The van der Waals surface area contributed by atoms with Gasteiger partial charge in [0.15, 0.2) is 0 Å². The molecule has 17 heavy (non-hydrogen) atoms. The van der Waals surface area contributed by atoms with E-state index in [1.54, 1.807) is 7.11 Å². The summed E-state index contributed by atoms with van der Waals surface area (Å²) in [4.78, 5) is 0. The highest BCUT2D eigenvalue weighted by atomic mass is 16.5. The molecular weight excluding hydrogens is 210 g/mol. The summed E-state index contributed by atoms with van der Waals surface area (Å²) < 4.78 is 5.53. The smallest absolute Gasteiger partial charge is 0.145 e. The molecule has 1 aromatic rings. The van der Waals surface area contributed by atoms with E-state index in [2.05, 4.69) is 52.1 Å². The summed E-state index contributed by atoms with van der Waals surface area (Å²) in [6.07, 6.45) is 0. The third kappa shape index (κ3) is 2.93. The minimum absolute atomic E-state index is 0.154. The van der Waals surface area contributed by atoms with Crippen LogP contribution in [-0.4, -0.2) is 14.2 Å². The first-order chi connectivity index (χ1) is 7.81. The molecule has 0 spiro atoms. The molecule has 0 aliphatic heterocycles. The van der Waals surface area contributed by atoms with Gasteiger partial charge in [0, 0.05) is 7.05 Å². The van der Waals surface area contributed by atoms with Gasteiger partial charge in [-0.05, 0) is 28.5 Å². The fourth-order valence-electron chi connectivity index (χ4n) is 1.93. The Hall–Kier alpha value is -1.18. The predicted octanol–water partition coefficient (Wildman–Crippen LogP) is 4.16. The van der Waals surface area contributed by atoms with Crippen LogP contribution >= 0.6 is 0 Å². The minimum Gasteiger partial charge on any atom is -0.494 e. The molecule has 2 heteroatoms. The summed E-state index contributed by atoms with van der Waals surface area (Å²) in [5.74, 6) is 1.43. The second kappa shape index (κ2) is 4.99. The number of benzene rings is 1. The fraction of sp³-hybridized carbons (Fsp3) is 0.600. The molecule has 0 radical (unpaired) electrons. The number of methoxy groups -OCH3 is 1. The molecule has 0 heterocycles. The van der Waals surface area contributed by atoms with Gasteiger partial charge in [0.05, 0.1) is 12.8 Å². The Morgan fingerprint density at radius 2 is 1.76 bits per heavy atom. The second-order valence-corrected chi connectivity index (χ2v) is 5.80. The highest BCUT2D eigenvalue weighted by Crippen LogP contribution is 2.38. The second-order valence-electron chi connectivity index (χ2n) is 5.80. The van der Waals surface area contributed by atoms with E-state index in [0.717, 1.165) is 11.4 Å². The van der Waals surface area contributed by atoms with Crippen LogP contribution in [0.3, 0.4) is 0 Å². The van der Waals surface area contributed by atoms with Crippen molar-refractivity contribution in [2.24, 2.45) is 0 Å². The SMILES string of the molecule is CNc1cc(C(C)(C)C)cc(C(C)C)c1OC. The summed E-state index contributed by atoms with van der Waals surface area (Å²) in [5, 5.41) is 3.23. The van der Waals surface area contributed by atoms with Gasteiger partial charge in [0.2, 0.25) is 0 Å². The minimum atomic E-state index is 0.154. The first-order valence-electron chi connectivity index (χ1n) is 6.21. The third-order valence-corrected chi connectivity index (χ3v) is 3.08. The molecule has 1 aromatic carbocycles. The third-order valence-electron chi connectivity index (χ3n) is 3.08. The maximum absolute atomic E-state index is 5.53. The van der Waals surface area contributed by atoms with E-state index >= 15 is 0 Å². The van der Waals surface area contributed by atoms with Gasteiger partial charge in [-0.2, -0.15) is 0 Å². The molecule has 0 aromatic heterocycles. The Labute approximate surface area is 105 Å². The molecule has 0 saturated carbocycles. The van der Waals surface area contributed by atoms with Crippen LogP contribution in [0.15, 0.2) is 12.1 Å². The molecule has 0 atom stereocenters. The van der Waals surface area contributed by atoms with Gasteiger partial charge < -0.3 is 10.1 Å². The molecule has 0 saturated heterocycles. The molecule has 0 aliphatic carbocycles. The standard InChI is InChI=1S/C15H25NO/c1-10(2)12-8-11(15(3,4)5)9-13(16-6)14(12)17-7/h8-10,16H,1-7H3. The number of hydrogen-bond donors (Lipinski definition) is 1. The summed E-state index contributed by atoms with van der Waals surface area (Å²) in [6.45, 7) is 11.1. The van der Waals surface area contributed by atoms with Gasteiger partial charge in [0.1, 0.15) is 5.75 Å². The highest BCUT2D eigenvalue weighted by Gasteiger charge is 2.20. The van der Waals surface area contributed by atoms with Gasteiger partial charge in [-0.25, -0.2) is 0 Å². The van der Waals surface area contributed by atoms with E-state index in [1.807, 2.05) is 7.05 Å². The van der Waals surface area contributed by atoms with Crippen LogP contribution in [-0.2, 0) is 5.41 Å². The number of hydrogen-bond acceptors (Lipinski definition) is 2. The van der Waals surface area contributed by atoms with Gasteiger partial charge >= 0.3 is 0 Å². The lowest BCUT2D eigenvalue weighted by molar-refractivity contribution is 0.408. The lowest BCUT2D eigenvalue weighted by Crippen LogP contribution is -2.13. The van der Waals surface area contributed by atoms with Gasteiger partial charge in [-0.15, -0.1) is 0 Å². The molecule has 1 rings (SSSR count). The average molecular weight is 235 g/mol. The molecular formula is C15H25NO. The van der Waals surface area contributed by atoms with Gasteiger partial charge in [-0.3, -0.25) is 0 Å². The Morgan fingerprint density at radius 3 is 2.12 bits per heavy atom. The number of rotatable bonds is 3. The Balaban J connectivity index is 3.46. The summed E-state index contributed by atoms with van der Waals surface area (Å²) >= 11 is 0. The first-order valence-corrected chi connectivity index (χ1v) is 6.21. The van der Waals surface area contributed by atoms with Crippen LogP contribution < -0.4 is 10.1 Å². The zero-order valence-corrected chi connectivity index (χ0v) is 12.1. The quantitative estimate of drug-likeness (QED) is 0.849. The maximum atomic E-state index is 5.53. The Morgan fingerprint density at radius 1 is 1.18 bits per heavy atom. The number of nitrogens with one attached hydrogen (secondary N) is 1. The Bertz CT molecular complexity index is 389. The first kappa shape index (κ1) is 13.9. The van der Waals surface area contributed by atoms with Crippen LogP contribution in [0.5, 0.6) is 5.75 Å². The lowest BCUT2D eigenvalue weighted by atomic mass is 9.84. The molecule has 0 unspecified atom stereocenters. The maximum Gasteiger partial charge on any atom is 0.145 e. The van der Waals surface area contributed by atoms with Crippen LogP contribution in [0.4, 0.5) is 5.69 Å². The van der Waals surface area contributed by atoms with E-state index in [1.165, 1.54) is 11.1 Å². The molecule has 0 amide bonds. The van der Waals surface area contributed by atoms with E-state index in [0.29, 0.717) is 5.92 Å². The molecule has 2 nitrogen and oxygen atoms in total. The monoisotopic (exact) mass is 235 g/mol. The van der Waals surface area contributed by atoms with Crippen molar-refractivity contribution in [2.75, 3.05) is 19.5 Å². The fourth-order valence-corrected chi connectivity index (χ4v) is 1.93. The van der Waals surface area contributed by atoms with Crippen molar-refractivity contribution in [2.45, 2.75) is 46.0 Å². The van der Waals surface area contributed by atoms with Crippen molar-refractivity contribution >= 4 is 5.69 Å². The zero-order valence-electron chi connectivity index (χ0n) is 12.1. The number of anilines is 1. The van der Waals surface area contributed by atoms with Crippen LogP contribution in [0.25, 0.3) is 0 Å². The van der Waals surface area contributed by atoms with Crippen molar-refractivity contribution in [3.05, 3.63) is 23.3 Å².